The van der Waals surface area contributed by atoms with Crippen LogP contribution in [0.4, 0.5) is 0 Å². The van der Waals surface area contributed by atoms with Gasteiger partial charge in [0.05, 0.1) is 17.6 Å². The summed E-state index contributed by atoms with van der Waals surface area (Å²) >= 11 is 5.82. The van der Waals surface area contributed by atoms with Crippen molar-refractivity contribution in [1.82, 2.24) is 19.4 Å². The van der Waals surface area contributed by atoms with Gasteiger partial charge in [0.2, 0.25) is 25.9 Å². The van der Waals surface area contributed by atoms with Crippen molar-refractivity contribution in [1.29, 1.82) is 0 Å². The van der Waals surface area contributed by atoms with Crippen LogP contribution in [0.5, 0.6) is 5.88 Å². The standard InChI is InChI=1S/C18H22N2O3S.C17H19ClN2O2S/c1-12(2)24(21,22)20-17-9-14-5-4-13(8-16(14)10-17)15-6-7-18(23-3)19-11-15;1-11(2)23(21,22)20-16-8-13-4-3-12(7-15(13)9-16)14-5-6-17(18)19-10-14/h4-8,11-12,17,20H,9-10H2,1-3H3;3-7,10-11,16,20H,8-9H2,1-2H3. The molecule has 2 atom stereocenters. The quantitative estimate of drug-likeness (QED) is 0.214. The molecular weight excluding hydrogens is 656 g/mol. The molecule has 0 aliphatic heterocycles. The Balaban J connectivity index is 0.000000185. The van der Waals surface area contributed by atoms with Gasteiger partial charge in [-0.2, -0.15) is 0 Å². The highest BCUT2D eigenvalue weighted by Gasteiger charge is 2.28. The van der Waals surface area contributed by atoms with Crippen molar-refractivity contribution < 1.29 is 21.6 Å². The Morgan fingerprint density at radius 3 is 1.45 bits per heavy atom. The van der Waals surface area contributed by atoms with Crippen molar-refractivity contribution in [3.63, 3.8) is 0 Å². The lowest BCUT2D eigenvalue weighted by molar-refractivity contribution is 0.398. The summed E-state index contributed by atoms with van der Waals surface area (Å²) in [6, 6.07) is 19.9. The molecule has 0 fully saturated rings. The van der Waals surface area contributed by atoms with Crippen LogP contribution in [0, 0.1) is 0 Å². The SMILES string of the molecule is CC(C)S(=O)(=O)NC1Cc2ccc(-c3ccc(Cl)nc3)cc2C1.COc1ccc(-c2ccc3c(c2)CC(NS(=O)(=O)C(C)C)C3)cn1. The second kappa shape index (κ2) is 14.4. The third-order valence-electron chi connectivity index (χ3n) is 8.52. The van der Waals surface area contributed by atoms with E-state index in [2.05, 4.69) is 49.7 Å². The zero-order valence-corrected chi connectivity index (χ0v) is 29.6. The molecule has 2 N–H and O–H groups in total. The van der Waals surface area contributed by atoms with Crippen molar-refractivity contribution in [2.45, 2.75) is 76.0 Å². The fraction of sp³-hybridized carbons (Fsp3) is 0.371. The van der Waals surface area contributed by atoms with E-state index in [4.69, 9.17) is 16.3 Å². The molecule has 0 saturated carbocycles. The zero-order valence-electron chi connectivity index (χ0n) is 27.2. The highest BCUT2D eigenvalue weighted by molar-refractivity contribution is 7.90. The van der Waals surface area contributed by atoms with Crippen LogP contribution in [0.1, 0.15) is 49.9 Å². The first kappa shape index (κ1) is 35.0. The lowest BCUT2D eigenvalue weighted by Gasteiger charge is -2.14. The predicted molar refractivity (Wildman–Crippen MR) is 188 cm³/mol. The van der Waals surface area contributed by atoms with E-state index in [1.807, 2.05) is 24.3 Å². The number of nitrogens with zero attached hydrogens (tertiary/aromatic N) is 2. The maximum absolute atomic E-state index is 12.1. The summed E-state index contributed by atoms with van der Waals surface area (Å²) in [7, 11) is -4.89. The zero-order chi connectivity index (χ0) is 33.9. The first-order valence-corrected chi connectivity index (χ1v) is 19.1. The van der Waals surface area contributed by atoms with Crippen molar-refractivity contribution in [3.8, 4) is 28.1 Å². The summed E-state index contributed by atoms with van der Waals surface area (Å²) in [5.41, 5.74) is 8.96. The predicted octanol–water partition coefficient (Wildman–Crippen LogP) is 5.75. The number of hydrogen-bond acceptors (Lipinski definition) is 7. The van der Waals surface area contributed by atoms with E-state index in [0.29, 0.717) is 11.0 Å². The van der Waals surface area contributed by atoms with E-state index >= 15 is 0 Å². The normalized spacial score (nSPS) is 17.3. The summed E-state index contributed by atoms with van der Waals surface area (Å²) in [6.07, 6.45) is 6.45. The first-order valence-electron chi connectivity index (χ1n) is 15.6. The lowest BCUT2D eigenvalue weighted by atomic mass is 10.0. The molecule has 250 valence electrons. The van der Waals surface area contributed by atoms with E-state index in [1.165, 1.54) is 22.3 Å². The molecule has 2 aromatic heterocycles. The Hall–Kier alpha value is -3.35. The highest BCUT2D eigenvalue weighted by atomic mass is 35.5. The largest absolute Gasteiger partial charge is 0.481 e. The number of rotatable bonds is 9. The van der Waals surface area contributed by atoms with E-state index < -0.39 is 30.5 Å². The van der Waals surface area contributed by atoms with Gasteiger partial charge in [-0.15, -0.1) is 0 Å². The fourth-order valence-electron chi connectivity index (χ4n) is 5.72. The summed E-state index contributed by atoms with van der Waals surface area (Å²) in [6.45, 7) is 6.77. The van der Waals surface area contributed by atoms with Crippen LogP contribution >= 0.6 is 11.6 Å². The minimum absolute atomic E-state index is 0.0587. The molecule has 12 heteroatoms. The van der Waals surface area contributed by atoms with E-state index in [9.17, 15) is 16.8 Å². The molecule has 4 aromatic rings. The van der Waals surface area contributed by atoms with Gasteiger partial charge in [-0.25, -0.2) is 36.2 Å². The average molecular weight is 697 g/mol. The molecule has 9 nitrogen and oxygen atoms in total. The van der Waals surface area contributed by atoms with Gasteiger partial charge < -0.3 is 4.74 Å². The summed E-state index contributed by atoms with van der Waals surface area (Å²) in [5, 5.41) is -0.359. The summed E-state index contributed by atoms with van der Waals surface area (Å²) in [4.78, 5) is 8.34. The third-order valence-corrected chi connectivity index (χ3v) is 12.6. The molecule has 2 unspecified atom stereocenters. The Labute approximate surface area is 283 Å². The van der Waals surface area contributed by atoms with Crippen LogP contribution in [0.3, 0.4) is 0 Å². The first-order chi connectivity index (χ1) is 22.2. The molecule has 0 spiro atoms. The van der Waals surface area contributed by atoms with Gasteiger partial charge in [0.15, 0.2) is 0 Å². The number of pyridine rings is 2. The number of aromatic nitrogens is 2. The molecule has 2 heterocycles. The minimum atomic E-state index is -3.24. The lowest BCUT2D eigenvalue weighted by Crippen LogP contribution is -2.39. The molecule has 2 aromatic carbocycles. The topological polar surface area (TPSA) is 127 Å². The Bertz CT molecular complexity index is 1930. The Kier molecular flexibility index (Phi) is 10.7. The monoisotopic (exact) mass is 696 g/mol. The molecule has 0 saturated heterocycles. The van der Waals surface area contributed by atoms with Gasteiger partial charge >= 0.3 is 0 Å². The summed E-state index contributed by atoms with van der Waals surface area (Å²) < 4.78 is 58.9. The molecule has 0 amide bonds. The van der Waals surface area contributed by atoms with Crippen LogP contribution in [-0.4, -0.2) is 56.5 Å². The van der Waals surface area contributed by atoms with Crippen LogP contribution in [-0.2, 0) is 45.7 Å². The second-order valence-corrected chi connectivity index (χ2v) is 17.5. The molecular formula is C35H41ClN4O5S2. The van der Waals surface area contributed by atoms with Crippen molar-refractivity contribution in [3.05, 3.63) is 100 Å². The van der Waals surface area contributed by atoms with Crippen molar-refractivity contribution in [2.75, 3.05) is 7.11 Å². The third kappa shape index (κ3) is 8.58. The maximum Gasteiger partial charge on any atom is 0.214 e. The number of hydrogen-bond donors (Lipinski definition) is 2. The molecule has 2 aliphatic carbocycles. The molecule has 0 bridgehead atoms. The van der Waals surface area contributed by atoms with Gasteiger partial charge in [-0.3, -0.25) is 0 Å². The van der Waals surface area contributed by atoms with Crippen LogP contribution in [0.15, 0.2) is 73.1 Å². The van der Waals surface area contributed by atoms with Crippen molar-refractivity contribution >= 4 is 31.6 Å². The maximum atomic E-state index is 12.1. The number of fused-ring (bicyclic) bond motifs is 2. The van der Waals surface area contributed by atoms with E-state index in [0.717, 1.165) is 47.9 Å². The fourth-order valence-corrected chi connectivity index (χ4v) is 7.64. The molecule has 47 heavy (non-hydrogen) atoms. The van der Waals surface area contributed by atoms with Gasteiger partial charge in [0.25, 0.3) is 0 Å². The van der Waals surface area contributed by atoms with Gasteiger partial charge in [-0.05, 0) is 105 Å². The molecule has 0 radical (unpaired) electrons. The Morgan fingerprint density at radius 1 is 0.638 bits per heavy atom. The summed E-state index contributed by atoms with van der Waals surface area (Å²) in [5.74, 6) is 0.586. The van der Waals surface area contributed by atoms with Gasteiger partial charge in [-0.1, -0.05) is 48.0 Å². The van der Waals surface area contributed by atoms with Gasteiger partial charge in [0, 0.05) is 41.7 Å². The number of halogens is 1. The van der Waals surface area contributed by atoms with Gasteiger partial charge in [0.1, 0.15) is 5.15 Å². The van der Waals surface area contributed by atoms with Crippen molar-refractivity contribution in [2.24, 2.45) is 0 Å². The molecule has 6 rings (SSSR count). The molecule has 2 aliphatic rings. The Morgan fingerprint density at radius 2 is 1.06 bits per heavy atom. The van der Waals surface area contributed by atoms with Crippen LogP contribution < -0.4 is 14.2 Å². The van der Waals surface area contributed by atoms with E-state index in [1.54, 1.807) is 53.3 Å². The number of methoxy groups -OCH3 is 1. The number of sulfonamides is 2. The number of benzene rings is 2. The average Bonchev–Trinajstić information content (AvgIpc) is 3.62. The second-order valence-electron chi connectivity index (χ2n) is 12.6. The van der Waals surface area contributed by atoms with Crippen LogP contribution in [0.25, 0.3) is 22.3 Å². The number of ether oxygens (including phenoxy) is 1. The highest BCUT2D eigenvalue weighted by Crippen LogP contribution is 2.30. The minimum Gasteiger partial charge on any atom is -0.481 e. The number of nitrogens with one attached hydrogen (secondary N) is 2. The van der Waals surface area contributed by atoms with E-state index in [-0.39, 0.29) is 12.1 Å². The smallest absolute Gasteiger partial charge is 0.214 e. The van der Waals surface area contributed by atoms with Crippen LogP contribution in [0.2, 0.25) is 5.15 Å².